The molecule has 0 amide bonds. The molecule has 7 atom stereocenters. The highest BCUT2D eigenvalue weighted by Gasteiger charge is 2.54. The summed E-state index contributed by atoms with van der Waals surface area (Å²) in [5.74, 6) is 3.01. The summed E-state index contributed by atoms with van der Waals surface area (Å²) in [6.45, 7) is 14.0. The molecule has 56 heavy (non-hydrogen) atoms. The molecule has 10 rings (SSSR count). The van der Waals surface area contributed by atoms with Crippen LogP contribution in [0, 0.1) is 22.7 Å². The molecular formula is C52H54O4. The molecule has 4 aliphatic carbocycles. The molecule has 2 heterocycles. The predicted molar refractivity (Wildman–Crippen MR) is 223 cm³/mol. The average molecular weight is 743 g/mol. The number of allylic oxidation sites excluding steroid dienone is 6. The number of ketones is 2. The quantitative estimate of drug-likeness (QED) is 0.155. The zero-order chi connectivity index (χ0) is 39.0. The maximum Gasteiger partial charge on any atom is 0.231 e. The van der Waals surface area contributed by atoms with Crippen molar-refractivity contribution in [3.05, 3.63) is 166 Å². The summed E-state index contributed by atoms with van der Waals surface area (Å²) in [7, 11) is 0. The third-order valence-corrected chi connectivity index (χ3v) is 15.4. The Morgan fingerprint density at radius 2 is 1.18 bits per heavy atom. The lowest BCUT2D eigenvalue weighted by Crippen LogP contribution is -2.50. The largest absolute Gasteiger partial charge is 0.481 e. The summed E-state index contributed by atoms with van der Waals surface area (Å²) in [5.41, 5.74) is 10.1. The SMILES string of the molecule is CC1=CC[C@]2(C)c3ccccc3CC[C@H]2[C@@]1(C)/C=C1\Oc2ccccc2C1=O.CC1=CC[C@]2(C)c3ccccc3CC[C@H]2[C@@]1(C)CC1Oc2ccccc2C1=O. The second-order valence-corrected chi connectivity index (χ2v) is 18.3. The van der Waals surface area contributed by atoms with Gasteiger partial charge in [-0.2, -0.15) is 0 Å². The number of fused-ring (bicyclic) bond motifs is 8. The molecule has 6 aliphatic rings. The molecule has 4 aromatic rings. The van der Waals surface area contributed by atoms with Gasteiger partial charge in [0.1, 0.15) is 11.5 Å². The molecule has 4 nitrogen and oxygen atoms in total. The van der Waals surface area contributed by atoms with Crippen molar-refractivity contribution in [1.29, 1.82) is 0 Å². The zero-order valence-corrected chi connectivity index (χ0v) is 33.8. The first kappa shape index (κ1) is 36.7. The minimum absolute atomic E-state index is 0.00751. The van der Waals surface area contributed by atoms with Crippen LogP contribution in [0.2, 0.25) is 0 Å². The Morgan fingerprint density at radius 1 is 0.643 bits per heavy atom. The standard InChI is InChI=1S/C26H28O2.C26H26O2/c2*1-17-14-15-25(2)20-10-6-4-8-18(20)12-13-23(25)26(17,3)16-22-24(27)19-9-5-7-11-21(19)28-22/h4-11,14,22-23H,12-13,15-16H2,1-3H3;4-11,14,16,23H,12-13,15H2,1-3H3/b;22-16-/t22?,23-,25-,26+;23-,25-,26+/m11/s1. The van der Waals surface area contributed by atoms with E-state index < -0.39 is 0 Å². The molecule has 0 aromatic heterocycles. The van der Waals surface area contributed by atoms with Crippen molar-refractivity contribution >= 4 is 11.6 Å². The molecule has 4 heteroatoms. The Balaban J connectivity index is 0.000000146. The van der Waals surface area contributed by atoms with E-state index in [0.29, 0.717) is 28.9 Å². The monoisotopic (exact) mass is 742 g/mol. The molecule has 4 aromatic carbocycles. The molecule has 0 fully saturated rings. The van der Waals surface area contributed by atoms with Crippen LogP contribution < -0.4 is 9.47 Å². The number of aryl methyl sites for hydroxylation is 2. The fraction of sp³-hybridized carbons (Fsp3) is 0.385. The second kappa shape index (κ2) is 13.3. The van der Waals surface area contributed by atoms with Crippen LogP contribution >= 0.6 is 0 Å². The van der Waals surface area contributed by atoms with Gasteiger partial charge in [-0.05, 0) is 128 Å². The lowest BCUT2D eigenvalue weighted by molar-refractivity contribution is 0.0474. The van der Waals surface area contributed by atoms with E-state index >= 15 is 0 Å². The van der Waals surface area contributed by atoms with Gasteiger partial charge in [-0.3, -0.25) is 9.59 Å². The summed E-state index contributed by atoms with van der Waals surface area (Å²) in [5, 5.41) is 0. The number of ether oxygens (including phenoxy) is 2. The van der Waals surface area contributed by atoms with Gasteiger partial charge in [0.15, 0.2) is 11.9 Å². The molecule has 0 spiro atoms. The number of hydrogen-bond donors (Lipinski definition) is 0. The number of benzene rings is 4. The molecular weight excluding hydrogens is 689 g/mol. The van der Waals surface area contributed by atoms with E-state index in [2.05, 4.69) is 108 Å². The van der Waals surface area contributed by atoms with Crippen molar-refractivity contribution < 1.29 is 19.1 Å². The van der Waals surface area contributed by atoms with Crippen molar-refractivity contribution in [3.8, 4) is 11.5 Å². The van der Waals surface area contributed by atoms with Gasteiger partial charge in [0.2, 0.25) is 11.6 Å². The van der Waals surface area contributed by atoms with Crippen LogP contribution in [-0.4, -0.2) is 17.7 Å². The van der Waals surface area contributed by atoms with Crippen molar-refractivity contribution in [1.82, 2.24) is 0 Å². The first-order chi connectivity index (χ1) is 26.9. The van der Waals surface area contributed by atoms with Crippen LogP contribution in [0.4, 0.5) is 0 Å². The van der Waals surface area contributed by atoms with Crippen molar-refractivity contribution in [2.45, 2.75) is 103 Å². The van der Waals surface area contributed by atoms with E-state index in [0.717, 1.165) is 49.8 Å². The number of carbonyl (C=O) groups excluding carboxylic acids is 2. The highest BCUT2D eigenvalue weighted by Crippen LogP contribution is 2.60. The summed E-state index contributed by atoms with van der Waals surface area (Å²) in [4.78, 5) is 26.0. The van der Waals surface area contributed by atoms with Gasteiger partial charge in [-0.25, -0.2) is 0 Å². The van der Waals surface area contributed by atoms with Gasteiger partial charge >= 0.3 is 0 Å². The minimum atomic E-state index is -0.370. The Bertz CT molecular complexity index is 2360. The van der Waals surface area contributed by atoms with Gasteiger partial charge < -0.3 is 9.47 Å². The topological polar surface area (TPSA) is 52.6 Å². The van der Waals surface area contributed by atoms with E-state index in [1.54, 1.807) is 0 Å². The molecule has 1 unspecified atom stereocenters. The van der Waals surface area contributed by atoms with E-state index in [1.165, 1.54) is 39.8 Å². The van der Waals surface area contributed by atoms with Gasteiger partial charge in [0, 0.05) is 17.3 Å². The van der Waals surface area contributed by atoms with Crippen LogP contribution in [0.3, 0.4) is 0 Å². The smallest absolute Gasteiger partial charge is 0.231 e. The number of Topliss-reactive ketones (excluding diaryl/α,β-unsaturated/α-hetero) is 2. The lowest BCUT2D eigenvalue weighted by atomic mass is 9.49. The number of para-hydroxylation sites is 2. The van der Waals surface area contributed by atoms with Gasteiger partial charge in [-0.15, -0.1) is 0 Å². The summed E-state index contributed by atoms with van der Waals surface area (Å²) >= 11 is 0. The van der Waals surface area contributed by atoms with Crippen LogP contribution in [0.25, 0.3) is 0 Å². The van der Waals surface area contributed by atoms with Crippen LogP contribution in [0.15, 0.2) is 132 Å². The van der Waals surface area contributed by atoms with Gasteiger partial charge in [0.25, 0.3) is 0 Å². The van der Waals surface area contributed by atoms with E-state index in [9.17, 15) is 9.59 Å². The Morgan fingerprint density at radius 3 is 1.82 bits per heavy atom. The van der Waals surface area contributed by atoms with Crippen LogP contribution in [0.1, 0.15) is 117 Å². The maximum atomic E-state index is 13.0. The fourth-order valence-corrected chi connectivity index (χ4v) is 12.0. The lowest BCUT2D eigenvalue weighted by Gasteiger charge is -2.55. The predicted octanol–water partition coefficient (Wildman–Crippen LogP) is 11.9. The fourth-order valence-electron chi connectivity index (χ4n) is 12.0. The zero-order valence-electron chi connectivity index (χ0n) is 33.8. The summed E-state index contributed by atoms with van der Waals surface area (Å²) < 4.78 is 12.1. The molecule has 0 bridgehead atoms. The second-order valence-electron chi connectivity index (χ2n) is 18.3. The molecule has 0 N–H and O–H groups in total. The first-order valence-corrected chi connectivity index (χ1v) is 20.7. The molecule has 0 saturated heterocycles. The molecule has 0 radical (unpaired) electrons. The normalized spacial score (nSPS) is 32.8. The van der Waals surface area contributed by atoms with Crippen molar-refractivity contribution in [2.24, 2.45) is 22.7 Å². The van der Waals surface area contributed by atoms with Gasteiger partial charge in [-0.1, -0.05) is 124 Å². The number of carbonyl (C=O) groups is 2. The van der Waals surface area contributed by atoms with Gasteiger partial charge in [0.05, 0.1) is 11.1 Å². The molecule has 2 aliphatic heterocycles. The Hall–Kier alpha value is -4.96. The van der Waals surface area contributed by atoms with Crippen LogP contribution in [0.5, 0.6) is 11.5 Å². The minimum Gasteiger partial charge on any atom is -0.481 e. The third-order valence-electron chi connectivity index (χ3n) is 15.4. The van der Waals surface area contributed by atoms with Crippen molar-refractivity contribution in [3.63, 3.8) is 0 Å². The van der Waals surface area contributed by atoms with Crippen LogP contribution in [-0.2, 0) is 23.7 Å². The highest BCUT2D eigenvalue weighted by molar-refractivity contribution is 6.12. The Kier molecular flexibility index (Phi) is 8.72. The van der Waals surface area contributed by atoms with E-state index in [-0.39, 0.29) is 39.3 Å². The highest BCUT2D eigenvalue weighted by atomic mass is 16.5. The first-order valence-electron chi connectivity index (χ1n) is 20.7. The molecule has 286 valence electrons. The Labute approximate surface area is 332 Å². The maximum absolute atomic E-state index is 13.0. The van der Waals surface area contributed by atoms with Crippen molar-refractivity contribution in [2.75, 3.05) is 0 Å². The number of hydrogen-bond acceptors (Lipinski definition) is 4. The van der Waals surface area contributed by atoms with E-state index in [4.69, 9.17) is 9.47 Å². The average Bonchev–Trinajstić information content (AvgIpc) is 3.69. The van der Waals surface area contributed by atoms with E-state index in [1.807, 2.05) is 48.5 Å². The number of rotatable bonds is 3. The summed E-state index contributed by atoms with van der Waals surface area (Å²) in [6.07, 6.45) is 13.9. The third kappa shape index (κ3) is 5.53. The summed E-state index contributed by atoms with van der Waals surface area (Å²) in [6, 6.07) is 33.0. The molecule has 0 saturated carbocycles.